The highest BCUT2D eigenvalue weighted by Crippen LogP contribution is 2.40. The van der Waals surface area contributed by atoms with Crippen LogP contribution in [0.2, 0.25) is 5.02 Å². The van der Waals surface area contributed by atoms with Gasteiger partial charge in [0.25, 0.3) is 5.56 Å². The summed E-state index contributed by atoms with van der Waals surface area (Å²) in [7, 11) is 0. The normalized spacial score (nSPS) is 18.8. The fourth-order valence-electron chi connectivity index (χ4n) is 3.17. The lowest BCUT2D eigenvalue weighted by atomic mass is 9.76. The quantitative estimate of drug-likeness (QED) is 0.635. The Labute approximate surface area is 168 Å². The first-order valence-corrected chi connectivity index (χ1v) is 9.60. The summed E-state index contributed by atoms with van der Waals surface area (Å²) in [6.07, 6.45) is 4.97. The highest BCUT2D eigenvalue weighted by atomic mass is 79.9. The molecule has 1 saturated carbocycles. The SMILES string of the molecule is O=c1c(Br)c(NC2CC(c3ccc(F)c(Cl)c3)C2)cnn1-c1ccccn1. The third kappa shape index (κ3) is 3.61. The van der Waals surface area contributed by atoms with E-state index >= 15 is 0 Å². The number of benzene rings is 1. The van der Waals surface area contributed by atoms with Gasteiger partial charge in [0.05, 0.1) is 16.9 Å². The summed E-state index contributed by atoms with van der Waals surface area (Å²) >= 11 is 9.23. The summed E-state index contributed by atoms with van der Waals surface area (Å²) < 4.78 is 15.0. The molecule has 138 valence electrons. The van der Waals surface area contributed by atoms with Gasteiger partial charge in [0, 0.05) is 12.2 Å². The third-order valence-corrected chi connectivity index (χ3v) is 5.75. The lowest BCUT2D eigenvalue weighted by molar-refractivity contribution is 0.373. The van der Waals surface area contributed by atoms with Crippen LogP contribution in [0.3, 0.4) is 0 Å². The largest absolute Gasteiger partial charge is 0.380 e. The van der Waals surface area contributed by atoms with Crippen molar-refractivity contribution < 1.29 is 4.39 Å². The Morgan fingerprint density at radius 2 is 2.07 bits per heavy atom. The van der Waals surface area contributed by atoms with Crippen LogP contribution >= 0.6 is 27.5 Å². The van der Waals surface area contributed by atoms with Gasteiger partial charge in [0.15, 0.2) is 5.82 Å². The average Bonchev–Trinajstić information content (AvgIpc) is 2.64. The molecule has 0 aliphatic heterocycles. The number of aromatic nitrogens is 3. The molecule has 27 heavy (non-hydrogen) atoms. The zero-order chi connectivity index (χ0) is 19.0. The smallest absolute Gasteiger partial charge is 0.289 e. The van der Waals surface area contributed by atoms with E-state index in [9.17, 15) is 9.18 Å². The van der Waals surface area contributed by atoms with E-state index in [4.69, 9.17) is 11.6 Å². The molecular weight excluding hydrogens is 435 g/mol. The number of halogens is 3. The van der Waals surface area contributed by atoms with Crippen LogP contribution in [0.4, 0.5) is 10.1 Å². The topological polar surface area (TPSA) is 59.8 Å². The first-order valence-electron chi connectivity index (χ1n) is 8.43. The van der Waals surface area contributed by atoms with Crippen LogP contribution < -0.4 is 10.9 Å². The summed E-state index contributed by atoms with van der Waals surface area (Å²) in [5.74, 6) is 0.380. The molecule has 8 heteroatoms. The van der Waals surface area contributed by atoms with E-state index in [-0.39, 0.29) is 16.6 Å². The van der Waals surface area contributed by atoms with Crippen LogP contribution in [0, 0.1) is 5.82 Å². The van der Waals surface area contributed by atoms with Gasteiger partial charge in [0.1, 0.15) is 10.3 Å². The van der Waals surface area contributed by atoms with Gasteiger partial charge < -0.3 is 5.32 Å². The summed E-state index contributed by atoms with van der Waals surface area (Å²) in [5, 5.41) is 7.70. The molecular formula is C19H15BrClFN4O. The predicted molar refractivity (Wildman–Crippen MR) is 106 cm³/mol. The Morgan fingerprint density at radius 1 is 1.26 bits per heavy atom. The van der Waals surface area contributed by atoms with Crippen molar-refractivity contribution in [1.82, 2.24) is 14.8 Å². The molecule has 5 nitrogen and oxygen atoms in total. The molecule has 1 aromatic carbocycles. The molecule has 2 heterocycles. The molecule has 0 atom stereocenters. The van der Waals surface area contributed by atoms with Crippen LogP contribution in [-0.4, -0.2) is 20.8 Å². The molecule has 0 spiro atoms. The Bertz CT molecular complexity index is 1040. The van der Waals surface area contributed by atoms with Gasteiger partial charge in [-0.1, -0.05) is 23.7 Å². The van der Waals surface area contributed by atoms with Crippen LogP contribution in [0.1, 0.15) is 24.3 Å². The Balaban J connectivity index is 1.46. The molecule has 1 N–H and O–H groups in total. The minimum absolute atomic E-state index is 0.147. The van der Waals surface area contributed by atoms with Crippen molar-refractivity contribution in [1.29, 1.82) is 0 Å². The molecule has 1 aliphatic rings. The zero-order valence-corrected chi connectivity index (χ0v) is 16.4. The van der Waals surface area contributed by atoms with Crippen LogP contribution in [-0.2, 0) is 0 Å². The lowest BCUT2D eigenvalue weighted by Crippen LogP contribution is -2.35. The number of rotatable bonds is 4. The van der Waals surface area contributed by atoms with Gasteiger partial charge >= 0.3 is 0 Å². The molecule has 0 bridgehead atoms. The fourth-order valence-corrected chi connectivity index (χ4v) is 3.74. The molecule has 0 radical (unpaired) electrons. The van der Waals surface area contributed by atoms with E-state index < -0.39 is 5.82 Å². The van der Waals surface area contributed by atoms with E-state index in [1.54, 1.807) is 42.7 Å². The van der Waals surface area contributed by atoms with Gasteiger partial charge in [-0.2, -0.15) is 9.78 Å². The molecule has 0 saturated heterocycles. The summed E-state index contributed by atoms with van der Waals surface area (Å²) in [6, 6.07) is 10.4. The monoisotopic (exact) mass is 448 g/mol. The minimum atomic E-state index is -0.405. The number of pyridine rings is 1. The average molecular weight is 450 g/mol. The lowest BCUT2D eigenvalue weighted by Gasteiger charge is -2.37. The van der Waals surface area contributed by atoms with Crippen LogP contribution in [0.25, 0.3) is 5.82 Å². The van der Waals surface area contributed by atoms with Gasteiger partial charge in [-0.05, 0) is 64.5 Å². The molecule has 4 rings (SSSR count). The molecule has 1 fully saturated rings. The standard InChI is InChI=1S/C19H15BrClFN4O/c20-18-16(10-24-26(19(18)27)17-3-1-2-6-23-17)25-13-7-12(8-13)11-4-5-15(22)14(21)9-11/h1-6,9-10,12-13,25H,7-8H2. The van der Waals surface area contributed by atoms with Crippen molar-refractivity contribution in [2.24, 2.45) is 0 Å². The van der Waals surface area contributed by atoms with Crippen LogP contribution in [0.15, 0.2) is 58.1 Å². The highest BCUT2D eigenvalue weighted by Gasteiger charge is 2.31. The van der Waals surface area contributed by atoms with E-state index in [1.807, 2.05) is 0 Å². The molecule has 1 aliphatic carbocycles. The number of hydrogen-bond acceptors (Lipinski definition) is 4. The molecule has 0 unspecified atom stereocenters. The van der Waals surface area contributed by atoms with E-state index in [1.165, 1.54) is 10.7 Å². The number of nitrogens with zero attached hydrogens (tertiary/aromatic N) is 3. The maximum absolute atomic E-state index is 13.3. The number of nitrogens with one attached hydrogen (secondary N) is 1. The van der Waals surface area contributed by atoms with E-state index in [0.717, 1.165) is 18.4 Å². The first-order chi connectivity index (χ1) is 13.0. The van der Waals surface area contributed by atoms with Crippen molar-refractivity contribution in [3.8, 4) is 5.82 Å². The second-order valence-electron chi connectivity index (χ2n) is 6.46. The van der Waals surface area contributed by atoms with E-state index in [0.29, 0.717) is 21.9 Å². The third-order valence-electron chi connectivity index (χ3n) is 4.70. The van der Waals surface area contributed by atoms with Crippen LogP contribution in [0.5, 0.6) is 0 Å². The summed E-state index contributed by atoms with van der Waals surface area (Å²) in [4.78, 5) is 16.7. The van der Waals surface area contributed by atoms with Crippen molar-refractivity contribution in [2.45, 2.75) is 24.8 Å². The van der Waals surface area contributed by atoms with Crippen molar-refractivity contribution in [2.75, 3.05) is 5.32 Å². The predicted octanol–water partition coefficient (Wildman–Crippen LogP) is 4.54. The number of hydrogen-bond donors (Lipinski definition) is 1. The van der Waals surface area contributed by atoms with Gasteiger partial charge in [-0.15, -0.1) is 0 Å². The van der Waals surface area contributed by atoms with Crippen molar-refractivity contribution in [3.05, 3.63) is 80.0 Å². The highest BCUT2D eigenvalue weighted by molar-refractivity contribution is 9.10. The van der Waals surface area contributed by atoms with Crippen molar-refractivity contribution in [3.63, 3.8) is 0 Å². The first kappa shape index (κ1) is 18.1. The van der Waals surface area contributed by atoms with Crippen molar-refractivity contribution >= 4 is 33.2 Å². The Morgan fingerprint density at radius 3 is 2.78 bits per heavy atom. The maximum atomic E-state index is 13.3. The second-order valence-corrected chi connectivity index (χ2v) is 7.66. The van der Waals surface area contributed by atoms with Gasteiger partial charge in [0.2, 0.25) is 0 Å². The molecule has 3 aromatic rings. The maximum Gasteiger partial charge on any atom is 0.289 e. The Kier molecular flexibility index (Phi) is 4.97. The summed E-state index contributed by atoms with van der Waals surface area (Å²) in [5.41, 5.74) is 1.40. The fraction of sp³-hybridized carbons (Fsp3) is 0.211. The Hall–Kier alpha value is -2.25. The van der Waals surface area contributed by atoms with Gasteiger partial charge in [-0.3, -0.25) is 4.79 Å². The van der Waals surface area contributed by atoms with E-state index in [2.05, 4.69) is 31.3 Å². The second kappa shape index (κ2) is 7.40. The molecule has 2 aromatic heterocycles. The van der Waals surface area contributed by atoms with Gasteiger partial charge in [-0.25, -0.2) is 9.37 Å². The number of anilines is 1. The zero-order valence-electron chi connectivity index (χ0n) is 14.1. The molecule has 0 amide bonds. The minimum Gasteiger partial charge on any atom is -0.380 e. The summed E-state index contributed by atoms with van der Waals surface area (Å²) in [6.45, 7) is 0.